The molecule has 5 nitrogen and oxygen atoms in total. The molecule has 0 aliphatic carbocycles. The zero-order valence-corrected chi connectivity index (χ0v) is 16.4. The molecule has 2 aromatic rings. The lowest BCUT2D eigenvalue weighted by atomic mass is 10.0. The van der Waals surface area contributed by atoms with Gasteiger partial charge in [-0.15, -0.1) is 0 Å². The minimum absolute atomic E-state index is 0.0582. The highest BCUT2D eigenvalue weighted by atomic mass is 35.5. The van der Waals surface area contributed by atoms with Gasteiger partial charge < -0.3 is 9.47 Å². The summed E-state index contributed by atoms with van der Waals surface area (Å²) >= 11 is 5.99. The predicted molar refractivity (Wildman–Crippen MR) is 102 cm³/mol. The Morgan fingerprint density at radius 3 is 2.58 bits per heavy atom. The standard InChI is InChI=1S/C19H22ClNO4S/c1-24-18-9-8-15(12-19(18)25-2)17-7-4-10-21(17)26(22,23)13-14-5-3-6-16(20)11-14/h3,5-6,8-9,11-12,17H,4,7,10,13H2,1-2H3. The summed E-state index contributed by atoms with van der Waals surface area (Å²) in [6.45, 7) is 0.516. The van der Waals surface area contributed by atoms with Gasteiger partial charge in [-0.25, -0.2) is 8.42 Å². The van der Waals surface area contributed by atoms with E-state index in [0.717, 1.165) is 18.4 Å². The molecule has 0 spiro atoms. The molecule has 0 N–H and O–H groups in total. The number of ether oxygens (including phenoxy) is 2. The largest absolute Gasteiger partial charge is 0.493 e. The second kappa shape index (κ2) is 7.86. The van der Waals surface area contributed by atoms with Gasteiger partial charge in [-0.3, -0.25) is 0 Å². The molecule has 26 heavy (non-hydrogen) atoms. The van der Waals surface area contributed by atoms with E-state index in [9.17, 15) is 8.42 Å². The Balaban J connectivity index is 1.87. The van der Waals surface area contributed by atoms with E-state index >= 15 is 0 Å². The van der Waals surface area contributed by atoms with Gasteiger partial charge in [-0.1, -0.05) is 29.8 Å². The number of rotatable bonds is 6. The number of benzene rings is 2. The highest BCUT2D eigenvalue weighted by Crippen LogP contribution is 2.38. The van der Waals surface area contributed by atoms with E-state index in [-0.39, 0.29) is 11.8 Å². The molecule has 140 valence electrons. The molecule has 1 aliphatic heterocycles. The zero-order valence-electron chi connectivity index (χ0n) is 14.8. The van der Waals surface area contributed by atoms with E-state index in [4.69, 9.17) is 21.1 Å². The third kappa shape index (κ3) is 3.98. The van der Waals surface area contributed by atoms with Crippen molar-refractivity contribution >= 4 is 21.6 Å². The monoisotopic (exact) mass is 395 g/mol. The van der Waals surface area contributed by atoms with Gasteiger partial charge in [-0.05, 0) is 48.2 Å². The summed E-state index contributed by atoms with van der Waals surface area (Å²) in [5.74, 6) is 1.17. The summed E-state index contributed by atoms with van der Waals surface area (Å²) in [4.78, 5) is 0. The van der Waals surface area contributed by atoms with Gasteiger partial charge in [0.1, 0.15) is 0 Å². The maximum Gasteiger partial charge on any atom is 0.218 e. The average molecular weight is 396 g/mol. The fraction of sp³-hybridized carbons (Fsp3) is 0.368. The molecule has 0 saturated carbocycles. The summed E-state index contributed by atoms with van der Waals surface area (Å²) in [5.41, 5.74) is 1.60. The van der Waals surface area contributed by atoms with E-state index < -0.39 is 10.0 Å². The molecule has 2 aromatic carbocycles. The van der Waals surface area contributed by atoms with E-state index in [2.05, 4.69) is 0 Å². The van der Waals surface area contributed by atoms with Gasteiger partial charge in [0.15, 0.2) is 11.5 Å². The van der Waals surface area contributed by atoms with Crippen LogP contribution < -0.4 is 9.47 Å². The third-order valence-electron chi connectivity index (χ3n) is 4.59. The van der Waals surface area contributed by atoms with Crippen LogP contribution in [0.15, 0.2) is 42.5 Å². The number of nitrogens with zero attached hydrogens (tertiary/aromatic N) is 1. The molecule has 0 amide bonds. The Hall–Kier alpha value is -1.76. The van der Waals surface area contributed by atoms with E-state index in [1.165, 1.54) is 0 Å². The molecule has 7 heteroatoms. The van der Waals surface area contributed by atoms with Crippen LogP contribution in [0.4, 0.5) is 0 Å². The van der Waals surface area contributed by atoms with E-state index in [1.807, 2.05) is 18.2 Å². The lowest BCUT2D eigenvalue weighted by Gasteiger charge is -2.25. The fourth-order valence-electron chi connectivity index (χ4n) is 3.39. The molecular weight excluding hydrogens is 374 g/mol. The van der Waals surface area contributed by atoms with Gasteiger partial charge in [0.2, 0.25) is 10.0 Å². The van der Waals surface area contributed by atoms with Gasteiger partial charge >= 0.3 is 0 Å². The van der Waals surface area contributed by atoms with E-state index in [1.54, 1.807) is 42.8 Å². The topological polar surface area (TPSA) is 55.8 Å². The van der Waals surface area contributed by atoms with Crippen molar-refractivity contribution in [1.29, 1.82) is 0 Å². The van der Waals surface area contributed by atoms with Crippen molar-refractivity contribution in [2.75, 3.05) is 20.8 Å². The first-order chi connectivity index (χ1) is 12.4. The van der Waals surface area contributed by atoms with Crippen LogP contribution in [0.5, 0.6) is 11.5 Å². The quantitative estimate of drug-likeness (QED) is 0.741. The molecule has 0 radical (unpaired) electrons. The number of hydrogen-bond acceptors (Lipinski definition) is 4. The van der Waals surface area contributed by atoms with Crippen molar-refractivity contribution in [3.8, 4) is 11.5 Å². The Morgan fingerprint density at radius 2 is 1.88 bits per heavy atom. The maximum absolute atomic E-state index is 13.0. The molecule has 1 heterocycles. The highest BCUT2D eigenvalue weighted by molar-refractivity contribution is 7.88. The molecule has 1 unspecified atom stereocenters. The molecule has 1 fully saturated rings. The maximum atomic E-state index is 13.0. The minimum atomic E-state index is -3.46. The summed E-state index contributed by atoms with van der Waals surface area (Å²) in [6.07, 6.45) is 1.61. The van der Waals surface area contributed by atoms with Crippen LogP contribution >= 0.6 is 11.6 Å². The highest BCUT2D eigenvalue weighted by Gasteiger charge is 2.35. The fourth-order valence-corrected chi connectivity index (χ4v) is 5.39. The van der Waals surface area contributed by atoms with Gasteiger partial charge in [-0.2, -0.15) is 4.31 Å². The normalized spacial score (nSPS) is 18.0. The summed E-state index contributed by atoms with van der Waals surface area (Å²) in [5, 5.41) is 0.538. The Morgan fingerprint density at radius 1 is 1.12 bits per heavy atom. The Labute approximate surface area is 159 Å². The molecule has 0 aromatic heterocycles. The smallest absolute Gasteiger partial charge is 0.218 e. The summed E-state index contributed by atoms with van der Waals surface area (Å²) < 4.78 is 38.2. The van der Waals surface area contributed by atoms with Crippen LogP contribution in [0, 0.1) is 0 Å². The van der Waals surface area contributed by atoms with Crippen LogP contribution in [0.1, 0.15) is 30.0 Å². The summed E-state index contributed by atoms with van der Waals surface area (Å²) in [6, 6.07) is 12.4. The molecule has 3 rings (SSSR count). The lowest BCUT2D eigenvalue weighted by molar-refractivity contribution is 0.351. The van der Waals surface area contributed by atoms with Crippen LogP contribution in [0.3, 0.4) is 0 Å². The number of methoxy groups -OCH3 is 2. The zero-order chi connectivity index (χ0) is 18.7. The molecule has 1 saturated heterocycles. The van der Waals surface area contributed by atoms with Gasteiger partial charge in [0, 0.05) is 17.6 Å². The second-order valence-corrected chi connectivity index (χ2v) is 8.63. The third-order valence-corrected chi connectivity index (χ3v) is 6.68. The van der Waals surface area contributed by atoms with Crippen LogP contribution in [0.25, 0.3) is 0 Å². The van der Waals surface area contributed by atoms with Gasteiger partial charge in [0.05, 0.1) is 20.0 Å². The molecular formula is C19H22ClNO4S. The van der Waals surface area contributed by atoms with Crippen molar-refractivity contribution < 1.29 is 17.9 Å². The average Bonchev–Trinajstić information content (AvgIpc) is 3.11. The molecule has 1 aliphatic rings. The summed E-state index contributed by atoms with van der Waals surface area (Å²) in [7, 11) is -0.308. The predicted octanol–water partition coefficient (Wildman–Crippen LogP) is 4.02. The van der Waals surface area contributed by atoms with E-state index in [0.29, 0.717) is 28.6 Å². The minimum Gasteiger partial charge on any atom is -0.493 e. The first kappa shape index (κ1) is 19.0. The lowest BCUT2D eigenvalue weighted by Crippen LogP contribution is -2.31. The van der Waals surface area contributed by atoms with Crippen molar-refractivity contribution in [2.45, 2.75) is 24.6 Å². The van der Waals surface area contributed by atoms with Crippen molar-refractivity contribution in [3.05, 3.63) is 58.6 Å². The molecule has 0 bridgehead atoms. The van der Waals surface area contributed by atoms with Crippen LogP contribution in [-0.4, -0.2) is 33.5 Å². The van der Waals surface area contributed by atoms with Crippen LogP contribution in [-0.2, 0) is 15.8 Å². The SMILES string of the molecule is COc1ccc(C2CCCN2S(=O)(=O)Cc2cccc(Cl)c2)cc1OC. The molecule has 1 atom stereocenters. The Kier molecular flexibility index (Phi) is 5.75. The van der Waals surface area contributed by atoms with Crippen molar-refractivity contribution in [1.82, 2.24) is 4.31 Å². The second-order valence-electron chi connectivity index (χ2n) is 6.27. The first-order valence-electron chi connectivity index (χ1n) is 8.40. The van der Waals surface area contributed by atoms with Crippen LogP contribution in [0.2, 0.25) is 5.02 Å². The number of halogens is 1. The van der Waals surface area contributed by atoms with Crippen molar-refractivity contribution in [3.63, 3.8) is 0 Å². The van der Waals surface area contributed by atoms with Gasteiger partial charge in [0.25, 0.3) is 0 Å². The number of hydrogen-bond donors (Lipinski definition) is 0. The number of sulfonamides is 1. The van der Waals surface area contributed by atoms with Crippen molar-refractivity contribution in [2.24, 2.45) is 0 Å². The Bertz CT molecular complexity index is 885. The first-order valence-corrected chi connectivity index (χ1v) is 10.4.